The maximum atomic E-state index is 13.3. The first-order valence-corrected chi connectivity index (χ1v) is 9.25. The molecule has 0 bridgehead atoms. The Morgan fingerprint density at radius 1 is 0.839 bits per heavy atom. The Morgan fingerprint density at radius 3 is 2.16 bits per heavy atom. The Balaban J connectivity index is 1.82. The lowest BCUT2D eigenvalue weighted by Gasteiger charge is -2.13. The number of nitrogens with zero attached hydrogens (tertiary/aromatic N) is 1. The van der Waals surface area contributed by atoms with Gasteiger partial charge in [-0.05, 0) is 30.3 Å². The van der Waals surface area contributed by atoms with Crippen LogP contribution in [0.5, 0.6) is 0 Å². The highest BCUT2D eigenvalue weighted by molar-refractivity contribution is 6.20. The second-order valence-corrected chi connectivity index (χ2v) is 6.78. The highest BCUT2D eigenvalue weighted by Crippen LogP contribution is 2.36. The third kappa shape index (κ3) is 3.63. The molecule has 4 aromatic rings. The van der Waals surface area contributed by atoms with Gasteiger partial charge < -0.3 is 11.1 Å². The Hall–Kier alpha value is -4.07. The number of halogens is 3. The monoisotopic (exact) mass is 423 g/mol. The Labute approximate surface area is 174 Å². The standard InChI is InChI=1S/C23H16F3N3O2/c24-23(25,26)16-11-5-6-12-17(16)28-21(30)19-15-10-4-7-13-18(15)29(20(19)27)22(31)14-8-2-1-3-9-14/h1-13H,27H2,(H,28,30). The molecule has 3 N–H and O–H groups in total. The lowest BCUT2D eigenvalue weighted by atomic mass is 10.1. The molecule has 5 nitrogen and oxygen atoms in total. The fourth-order valence-corrected chi connectivity index (χ4v) is 3.45. The van der Waals surface area contributed by atoms with Crippen LogP contribution in [0.15, 0.2) is 78.9 Å². The van der Waals surface area contributed by atoms with Gasteiger partial charge >= 0.3 is 6.18 Å². The van der Waals surface area contributed by atoms with Gasteiger partial charge in [0.05, 0.1) is 22.3 Å². The van der Waals surface area contributed by atoms with Gasteiger partial charge in [-0.3, -0.25) is 14.2 Å². The van der Waals surface area contributed by atoms with Gasteiger partial charge in [0.2, 0.25) is 0 Å². The largest absolute Gasteiger partial charge is 0.418 e. The lowest BCUT2D eigenvalue weighted by molar-refractivity contribution is -0.136. The third-order valence-corrected chi connectivity index (χ3v) is 4.84. The van der Waals surface area contributed by atoms with Crippen LogP contribution in [0.25, 0.3) is 10.9 Å². The Kier molecular flexibility index (Phi) is 4.98. The minimum Gasteiger partial charge on any atom is -0.384 e. The van der Waals surface area contributed by atoms with E-state index in [1.807, 2.05) is 0 Å². The summed E-state index contributed by atoms with van der Waals surface area (Å²) in [6.45, 7) is 0. The molecule has 0 radical (unpaired) electrons. The molecule has 3 aromatic carbocycles. The Bertz CT molecular complexity index is 1290. The molecule has 0 atom stereocenters. The van der Waals surface area contributed by atoms with Gasteiger partial charge in [-0.15, -0.1) is 0 Å². The number of para-hydroxylation sites is 2. The molecule has 0 spiro atoms. The van der Waals surface area contributed by atoms with E-state index in [9.17, 15) is 22.8 Å². The molecule has 4 rings (SSSR count). The van der Waals surface area contributed by atoms with Gasteiger partial charge in [0.15, 0.2) is 0 Å². The highest BCUT2D eigenvalue weighted by Gasteiger charge is 2.34. The number of benzene rings is 3. The van der Waals surface area contributed by atoms with Gasteiger partial charge in [-0.1, -0.05) is 48.5 Å². The van der Waals surface area contributed by atoms with Crippen LogP contribution in [-0.2, 0) is 6.18 Å². The van der Waals surface area contributed by atoms with Gasteiger partial charge in [-0.25, -0.2) is 0 Å². The van der Waals surface area contributed by atoms with Crippen molar-refractivity contribution in [3.8, 4) is 0 Å². The third-order valence-electron chi connectivity index (χ3n) is 4.84. The molecule has 0 aliphatic heterocycles. The van der Waals surface area contributed by atoms with Crippen molar-refractivity contribution in [2.75, 3.05) is 11.1 Å². The van der Waals surface area contributed by atoms with Gasteiger partial charge in [0, 0.05) is 10.9 Å². The number of carbonyl (C=O) groups excluding carboxylic acids is 2. The summed E-state index contributed by atoms with van der Waals surface area (Å²) in [5, 5.41) is 2.65. The molecule has 0 aliphatic rings. The fourth-order valence-electron chi connectivity index (χ4n) is 3.45. The number of amides is 1. The van der Waals surface area contributed by atoms with Crippen molar-refractivity contribution in [2.45, 2.75) is 6.18 Å². The number of alkyl halides is 3. The van der Waals surface area contributed by atoms with Crippen LogP contribution in [0, 0.1) is 0 Å². The second-order valence-electron chi connectivity index (χ2n) is 6.78. The SMILES string of the molecule is Nc1c(C(=O)Nc2ccccc2C(F)(F)F)c2ccccc2n1C(=O)c1ccccc1. The van der Waals surface area contributed by atoms with E-state index in [2.05, 4.69) is 5.32 Å². The summed E-state index contributed by atoms with van der Waals surface area (Å²) < 4.78 is 41.1. The molecule has 1 aromatic heterocycles. The predicted octanol–water partition coefficient (Wildman–Crippen LogP) is 5.18. The number of carbonyl (C=O) groups is 2. The van der Waals surface area contributed by atoms with Crippen molar-refractivity contribution in [3.05, 3.63) is 95.6 Å². The highest BCUT2D eigenvalue weighted by atomic mass is 19.4. The minimum absolute atomic E-state index is 0.0724. The van der Waals surface area contributed by atoms with E-state index >= 15 is 0 Å². The summed E-state index contributed by atoms with van der Waals surface area (Å²) in [4.78, 5) is 26.1. The molecule has 0 aliphatic carbocycles. The lowest BCUT2D eigenvalue weighted by Crippen LogP contribution is -2.19. The van der Waals surface area contributed by atoms with Crippen molar-refractivity contribution in [2.24, 2.45) is 0 Å². The second kappa shape index (κ2) is 7.64. The summed E-state index contributed by atoms with van der Waals surface area (Å²) >= 11 is 0. The maximum Gasteiger partial charge on any atom is 0.418 e. The Morgan fingerprint density at radius 2 is 1.45 bits per heavy atom. The smallest absolute Gasteiger partial charge is 0.384 e. The van der Waals surface area contributed by atoms with Crippen LogP contribution in [0.2, 0.25) is 0 Å². The molecule has 0 saturated carbocycles. The first kappa shape index (κ1) is 20.2. The average Bonchev–Trinajstić information content (AvgIpc) is 3.05. The molecule has 8 heteroatoms. The summed E-state index contributed by atoms with van der Waals surface area (Å²) in [6.07, 6.45) is -4.65. The molecule has 31 heavy (non-hydrogen) atoms. The van der Waals surface area contributed by atoms with E-state index in [1.54, 1.807) is 54.6 Å². The van der Waals surface area contributed by atoms with Crippen LogP contribution < -0.4 is 11.1 Å². The number of aromatic nitrogens is 1. The van der Waals surface area contributed by atoms with Gasteiger partial charge in [0.25, 0.3) is 11.8 Å². The number of nitrogens with two attached hydrogens (primary N) is 1. The summed E-state index contributed by atoms with van der Waals surface area (Å²) in [5.41, 5.74) is 5.47. The number of hydrogen-bond acceptors (Lipinski definition) is 3. The van der Waals surface area contributed by atoms with Crippen molar-refractivity contribution < 1.29 is 22.8 Å². The zero-order valence-corrected chi connectivity index (χ0v) is 16.0. The predicted molar refractivity (Wildman–Crippen MR) is 112 cm³/mol. The molecular weight excluding hydrogens is 407 g/mol. The number of hydrogen-bond donors (Lipinski definition) is 2. The fraction of sp³-hybridized carbons (Fsp3) is 0.0435. The van der Waals surface area contributed by atoms with E-state index in [4.69, 9.17) is 5.73 Å². The minimum atomic E-state index is -4.65. The normalized spacial score (nSPS) is 11.5. The van der Waals surface area contributed by atoms with Crippen molar-refractivity contribution in [1.82, 2.24) is 4.57 Å². The van der Waals surface area contributed by atoms with Gasteiger partial charge in [0.1, 0.15) is 5.82 Å². The number of nitrogen functional groups attached to an aromatic ring is 1. The zero-order valence-electron chi connectivity index (χ0n) is 16.0. The molecule has 1 amide bonds. The van der Waals surface area contributed by atoms with Crippen molar-refractivity contribution >= 4 is 34.2 Å². The number of anilines is 2. The van der Waals surface area contributed by atoms with E-state index < -0.39 is 29.2 Å². The summed E-state index contributed by atoms with van der Waals surface area (Å²) in [6, 6.07) is 19.5. The van der Waals surface area contributed by atoms with Crippen LogP contribution >= 0.6 is 0 Å². The van der Waals surface area contributed by atoms with Crippen LogP contribution in [0.3, 0.4) is 0 Å². The first-order valence-electron chi connectivity index (χ1n) is 9.25. The maximum absolute atomic E-state index is 13.3. The van der Waals surface area contributed by atoms with E-state index in [-0.39, 0.29) is 11.4 Å². The molecule has 0 fully saturated rings. The van der Waals surface area contributed by atoms with E-state index in [0.29, 0.717) is 16.5 Å². The molecular formula is C23H16F3N3O2. The summed E-state index contributed by atoms with van der Waals surface area (Å²) in [7, 11) is 0. The van der Waals surface area contributed by atoms with Crippen LogP contribution in [0.4, 0.5) is 24.7 Å². The first-order chi connectivity index (χ1) is 14.8. The number of nitrogens with one attached hydrogen (secondary N) is 1. The molecule has 156 valence electrons. The summed E-state index contributed by atoms with van der Waals surface area (Å²) in [5.74, 6) is -1.45. The van der Waals surface area contributed by atoms with E-state index in [0.717, 1.165) is 12.1 Å². The van der Waals surface area contributed by atoms with Crippen molar-refractivity contribution in [1.29, 1.82) is 0 Å². The molecule has 0 unspecified atom stereocenters. The zero-order chi connectivity index (χ0) is 22.2. The number of rotatable bonds is 3. The number of fused-ring (bicyclic) bond motifs is 1. The van der Waals surface area contributed by atoms with Crippen molar-refractivity contribution in [3.63, 3.8) is 0 Å². The van der Waals surface area contributed by atoms with Gasteiger partial charge in [-0.2, -0.15) is 13.2 Å². The molecule has 1 heterocycles. The van der Waals surface area contributed by atoms with E-state index in [1.165, 1.54) is 16.7 Å². The quantitative estimate of drug-likeness (QED) is 0.477. The topological polar surface area (TPSA) is 77.1 Å². The van der Waals surface area contributed by atoms with Crippen LogP contribution in [-0.4, -0.2) is 16.4 Å². The average molecular weight is 423 g/mol. The van der Waals surface area contributed by atoms with Crippen LogP contribution in [0.1, 0.15) is 26.3 Å². The molecule has 0 saturated heterocycles.